The highest BCUT2D eigenvalue weighted by molar-refractivity contribution is 5.95. The lowest BCUT2D eigenvalue weighted by Gasteiger charge is -2.26. The summed E-state index contributed by atoms with van der Waals surface area (Å²) >= 11 is 0. The van der Waals surface area contributed by atoms with Gasteiger partial charge >= 0.3 is 17.9 Å². The summed E-state index contributed by atoms with van der Waals surface area (Å²) in [5, 5.41) is 29.4. The largest absolute Gasteiger partial charge is 0.481 e. The Bertz CT molecular complexity index is 2220. The highest BCUT2D eigenvalue weighted by Gasteiger charge is 2.27. The van der Waals surface area contributed by atoms with Gasteiger partial charge in [-0.2, -0.15) is 0 Å². The van der Waals surface area contributed by atoms with E-state index in [-0.39, 0.29) is 42.2 Å². The summed E-state index contributed by atoms with van der Waals surface area (Å²) in [6, 6.07) is 28.2. The van der Waals surface area contributed by atoms with Crippen LogP contribution in [0.25, 0.3) is 22.3 Å². The topological polar surface area (TPSA) is 180 Å². The van der Waals surface area contributed by atoms with Crippen molar-refractivity contribution in [2.45, 2.75) is 47.7 Å². The lowest BCUT2D eigenvalue weighted by atomic mass is 9.90. The summed E-state index contributed by atoms with van der Waals surface area (Å²) in [6.07, 6.45) is 0. The molecule has 0 spiro atoms. The Balaban J connectivity index is 1.76. The molecule has 0 aliphatic rings. The fraction of sp³-hybridized carbons (Fsp3) is 0.255. The van der Waals surface area contributed by atoms with Crippen LogP contribution in [0.4, 0.5) is 0 Å². The number of rotatable bonds is 19. The minimum Gasteiger partial charge on any atom is -0.481 e. The van der Waals surface area contributed by atoms with Crippen molar-refractivity contribution in [3.63, 3.8) is 0 Å². The second-order valence-electron chi connectivity index (χ2n) is 14.2. The first-order valence-corrected chi connectivity index (χ1v) is 19.3. The number of benzene rings is 5. The average molecular weight is 817 g/mol. The maximum absolute atomic E-state index is 13.7. The lowest BCUT2D eigenvalue weighted by molar-refractivity contribution is -0.140. The molecule has 60 heavy (non-hydrogen) atoms. The molecule has 2 amide bonds. The lowest BCUT2D eigenvalue weighted by Crippen LogP contribution is -2.30. The van der Waals surface area contributed by atoms with Crippen LogP contribution in [-0.4, -0.2) is 87.8 Å². The predicted octanol–water partition coefficient (Wildman–Crippen LogP) is 7.66. The highest BCUT2D eigenvalue weighted by atomic mass is 16.5. The molecule has 13 nitrogen and oxygen atoms in total. The van der Waals surface area contributed by atoms with Gasteiger partial charge in [0.1, 0.15) is 17.2 Å². The maximum atomic E-state index is 13.7. The third kappa shape index (κ3) is 10.9. The summed E-state index contributed by atoms with van der Waals surface area (Å²) < 4.78 is 18.2. The van der Waals surface area contributed by atoms with Gasteiger partial charge in [0.2, 0.25) is 0 Å². The molecule has 0 atom stereocenters. The van der Waals surface area contributed by atoms with Crippen LogP contribution in [0.3, 0.4) is 0 Å². The van der Waals surface area contributed by atoms with Crippen LogP contribution in [0.2, 0.25) is 0 Å². The van der Waals surface area contributed by atoms with E-state index in [1.807, 2.05) is 46.8 Å². The van der Waals surface area contributed by atoms with E-state index in [2.05, 4.69) is 0 Å². The second kappa shape index (κ2) is 20.0. The van der Waals surface area contributed by atoms with Gasteiger partial charge in [-0.25, -0.2) is 14.4 Å². The van der Waals surface area contributed by atoms with Gasteiger partial charge in [-0.05, 0) is 99.8 Å². The van der Waals surface area contributed by atoms with Crippen molar-refractivity contribution in [1.82, 2.24) is 9.80 Å². The zero-order valence-electron chi connectivity index (χ0n) is 34.2. The predicted molar refractivity (Wildman–Crippen MR) is 225 cm³/mol. The van der Waals surface area contributed by atoms with E-state index in [0.717, 1.165) is 11.1 Å². The van der Waals surface area contributed by atoms with E-state index in [1.165, 1.54) is 0 Å². The molecule has 312 valence electrons. The van der Waals surface area contributed by atoms with Crippen LogP contribution >= 0.6 is 0 Å². The minimum atomic E-state index is -1.27. The molecule has 0 saturated carbocycles. The first kappa shape index (κ1) is 44.0. The van der Waals surface area contributed by atoms with Crippen LogP contribution in [-0.2, 0) is 27.5 Å². The van der Waals surface area contributed by atoms with Crippen molar-refractivity contribution in [3.8, 4) is 39.5 Å². The first-order valence-electron chi connectivity index (χ1n) is 19.3. The van der Waals surface area contributed by atoms with Gasteiger partial charge in [0, 0.05) is 70.7 Å². The number of ether oxygens (including phenoxy) is 3. The van der Waals surface area contributed by atoms with E-state index < -0.39 is 37.7 Å². The quantitative estimate of drug-likeness (QED) is 0.0745. The first-order chi connectivity index (χ1) is 28.7. The smallest absolute Gasteiger partial charge is 0.341 e. The van der Waals surface area contributed by atoms with Gasteiger partial charge in [-0.15, -0.1) is 0 Å². The molecule has 5 aromatic rings. The molecule has 5 aromatic carbocycles. The Labute approximate surface area is 348 Å². The zero-order valence-corrected chi connectivity index (χ0v) is 34.2. The number of aliphatic carboxylic acids is 3. The van der Waals surface area contributed by atoms with Gasteiger partial charge in [0.25, 0.3) is 11.8 Å². The average Bonchev–Trinajstić information content (AvgIpc) is 3.22. The molecule has 0 aliphatic heterocycles. The number of hydrogen-bond donors (Lipinski definition) is 3. The van der Waals surface area contributed by atoms with E-state index in [4.69, 9.17) is 14.2 Å². The summed E-state index contributed by atoms with van der Waals surface area (Å²) in [4.78, 5) is 66.6. The zero-order chi connectivity index (χ0) is 43.5. The van der Waals surface area contributed by atoms with Crippen LogP contribution in [0, 0.1) is 20.8 Å². The van der Waals surface area contributed by atoms with Gasteiger partial charge < -0.3 is 39.3 Å². The van der Waals surface area contributed by atoms with Gasteiger partial charge in [-0.1, -0.05) is 48.5 Å². The van der Waals surface area contributed by atoms with Gasteiger partial charge in [0.15, 0.2) is 19.8 Å². The molecule has 0 fully saturated rings. The Morgan fingerprint density at radius 3 is 1.08 bits per heavy atom. The highest BCUT2D eigenvalue weighted by Crippen LogP contribution is 2.48. The van der Waals surface area contributed by atoms with Crippen molar-refractivity contribution in [2.24, 2.45) is 0 Å². The third-order valence-electron chi connectivity index (χ3n) is 9.56. The van der Waals surface area contributed by atoms with Crippen molar-refractivity contribution >= 4 is 29.7 Å². The Morgan fingerprint density at radius 1 is 0.467 bits per heavy atom. The van der Waals surface area contributed by atoms with Crippen LogP contribution in [0.1, 0.15) is 62.4 Å². The molecule has 3 N–H and O–H groups in total. The third-order valence-corrected chi connectivity index (χ3v) is 9.56. The van der Waals surface area contributed by atoms with Crippen molar-refractivity contribution in [3.05, 3.63) is 136 Å². The molecule has 0 heterocycles. The fourth-order valence-corrected chi connectivity index (χ4v) is 7.00. The number of carbonyl (C=O) groups excluding carboxylic acids is 2. The Morgan fingerprint density at radius 2 is 0.767 bits per heavy atom. The number of carbonyl (C=O) groups is 5. The Hall–Kier alpha value is -7.15. The van der Waals surface area contributed by atoms with Crippen molar-refractivity contribution < 1.29 is 53.5 Å². The summed E-state index contributed by atoms with van der Waals surface area (Å²) in [5.74, 6) is -3.90. The monoisotopic (exact) mass is 816 g/mol. The summed E-state index contributed by atoms with van der Waals surface area (Å²) in [5.41, 5.74) is 5.48. The molecule has 0 bridgehead atoms. The molecule has 0 radical (unpaired) electrons. The molecule has 0 aliphatic carbocycles. The normalized spacial score (nSPS) is 10.8. The fourth-order valence-electron chi connectivity index (χ4n) is 7.00. The van der Waals surface area contributed by atoms with Gasteiger partial charge in [0.05, 0.1) is 0 Å². The number of hydrogen-bond acceptors (Lipinski definition) is 8. The molecule has 13 heteroatoms. The van der Waals surface area contributed by atoms with Crippen molar-refractivity contribution in [1.29, 1.82) is 0 Å². The molecular formula is C47H48N2O11. The van der Waals surface area contributed by atoms with E-state index in [0.29, 0.717) is 63.2 Å². The number of carboxylic acids is 3. The standard InChI is InChI=1S/C47H48N2O11/c1-6-48(46(56)32-14-10-8-11-15-32)24-34-18-29(3)20-36(43(34)58-26-40(50)51)38-22-31(5)23-39(45(38)60-28-42(54)55)37-21-30(4)19-35(44(37)59-27-41(52)53)25-49(7-2)47(57)33-16-12-9-13-17-33/h8-23H,6-7,24-28H2,1-5H3,(H,50,51)(H,52,53)(H,54,55). The number of amides is 2. The second-order valence-corrected chi connectivity index (χ2v) is 14.2. The minimum absolute atomic E-state index is 0.0435. The number of carboxylic acid groups (broad SMARTS) is 3. The van der Waals surface area contributed by atoms with Crippen LogP contribution in [0.15, 0.2) is 97.1 Å². The summed E-state index contributed by atoms with van der Waals surface area (Å²) in [7, 11) is 0. The summed E-state index contributed by atoms with van der Waals surface area (Å²) in [6.45, 7) is 7.63. The molecule has 0 aromatic heterocycles. The van der Waals surface area contributed by atoms with E-state index in [9.17, 15) is 39.3 Å². The van der Waals surface area contributed by atoms with Crippen LogP contribution < -0.4 is 14.2 Å². The van der Waals surface area contributed by atoms with Crippen LogP contribution in [0.5, 0.6) is 17.2 Å². The molecule has 0 saturated heterocycles. The molecular weight excluding hydrogens is 769 g/mol. The Kier molecular flexibility index (Phi) is 14.7. The maximum Gasteiger partial charge on any atom is 0.341 e. The van der Waals surface area contributed by atoms with E-state index in [1.54, 1.807) is 94.7 Å². The number of nitrogens with zero attached hydrogens (tertiary/aromatic N) is 2. The molecule has 5 rings (SSSR count). The molecule has 0 unspecified atom stereocenters. The van der Waals surface area contributed by atoms with E-state index >= 15 is 0 Å². The SMILES string of the molecule is CCN(Cc1cc(C)cc(-c2cc(C)cc(-c3cc(C)cc(CN(CC)C(=O)c4ccccc4)c3OCC(=O)O)c2OCC(=O)O)c1OCC(=O)O)C(=O)c1ccccc1. The van der Waals surface area contributed by atoms with Gasteiger partial charge in [-0.3, -0.25) is 9.59 Å². The number of aryl methyl sites for hydroxylation is 3. The van der Waals surface area contributed by atoms with Crippen molar-refractivity contribution in [2.75, 3.05) is 32.9 Å².